The first-order chi connectivity index (χ1) is 7.34. The maximum atomic E-state index is 5.61. The zero-order chi connectivity index (χ0) is 10.5. The highest BCUT2D eigenvalue weighted by molar-refractivity contribution is 6.29. The largest absolute Gasteiger partial charge is 0.376 e. The first kappa shape index (κ1) is 10.8. The molecule has 0 amide bonds. The first-order valence-corrected chi connectivity index (χ1v) is 5.40. The average molecular weight is 229 g/mol. The van der Waals surface area contributed by atoms with Crippen LogP contribution in [0.3, 0.4) is 0 Å². The van der Waals surface area contributed by atoms with E-state index in [0.717, 1.165) is 25.1 Å². The van der Waals surface area contributed by atoms with Crippen LogP contribution >= 0.6 is 11.6 Å². The zero-order valence-corrected chi connectivity index (χ0v) is 9.11. The summed E-state index contributed by atoms with van der Waals surface area (Å²) in [5.41, 5.74) is 0.789. The Morgan fingerprint density at radius 1 is 1.47 bits per heavy atom. The molecule has 1 aromatic heterocycles. The molecule has 1 unspecified atom stereocenters. The Hall–Kier alpha value is -0.710. The molecular weight excluding hydrogens is 216 g/mol. The van der Waals surface area contributed by atoms with Gasteiger partial charge >= 0.3 is 0 Å². The molecule has 15 heavy (non-hydrogen) atoms. The van der Waals surface area contributed by atoms with Gasteiger partial charge in [-0.2, -0.15) is 5.10 Å². The van der Waals surface area contributed by atoms with E-state index in [9.17, 15) is 0 Å². The van der Waals surface area contributed by atoms with Crippen LogP contribution in [0.4, 0.5) is 0 Å². The van der Waals surface area contributed by atoms with Crippen molar-refractivity contribution in [3.8, 4) is 0 Å². The minimum Gasteiger partial charge on any atom is -0.376 e. The molecule has 0 aromatic carbocycles. The van der Waals surface area contributed by atoms with E-state index in [2.05, 4.69) is 10.2 Å². The maximum absolute atomic E-state index is 5.61. The van der Waals surface area contributed by atoms with E-state index in [-0.39, 0.29) is 6.10 Å². The van der Waals surface area contributed by atoms with Crippen molar-refractivity contribution in [2.75, 3.05) is 13.2 Å². The van der Waals surface area contributed by atoms with Crippen LogP contribution in [-0.4, -0.2) is 29.5 Å². The van der Waals surface area contributed by atoms with Crippen molar-refractivity contribution in [2.24, 2.45) is 0 Å². The van der Waals surface area contributed by atoms with Crippen molar-refractivity contribution < 1.29 is 9.47 Å². The molecule has 0 bridgehead atoms. The van der Waals surface area contributed by atoms with E-state index in [0.29, 0.717) is 18.4 Å². The van der Waals surface area contributed by atoms with Crippen molar-refractivity contribution in [3.05, 3.63) is 23.0 Å². The van der Waals surface area contributed by atoms with Crippen molar-refractivity contribution >= 4 is 11.6 Å². The molecule has 1 aliphatic rings. The summed E-state index contributed by atoms with van der Waals surface area (Å²) in [7, 11) is 0. The predicted molar refractivity (Wildman–Crippen MR) is 55.7 cm³/mol. The third-order valence-corrected chi connectivity index (χ3v) is 2.47. The van der Waals surface area contributed by atoms with Gasteiger partial charge in [-0.3, -0.25) is 0 Å². The first-order valence-electron chi connectivity index (χ1n) is 5.02. The maximum Gasteiger partial charge on any atom is 0.151 e. The molecule has 0 spiro atoms. The lowest BCUT2D eigenvalue weighted by atomic mass is 10.2. The molecule has 1 saturated heterocycles. The molecular formula is C10H13ClN2O2. The molecule has 2 heterocycles. The summed E-state index contributed by atoms with van der Waals surface area (Å²) in [5, 5.41) is 8.03. The Morgan fingerprint density at radius 2 is 2.40 bits per heavy atom. The molecule has 5 heteroatoms. The monoisotopic (exact) mass is 228 g/mol. The summed E-state index contributed by atoms with van der Waals surface area (Å²) in [6.45, 7) is 1.95. The third kappa shape index (κ3) is 3.41. The highest BCUT2D eigenvalue weighted by atomic mass is 35.5. The minimum atomic E-state index is 0.255. The second kappa shape index (κ2) is 5.39. The zero-order valence-electron chi connectivity index (χ0n) is 8.36. The van der Waals surface area contributed by atoms with Gasteiger partial charge in [0.2, 0.25) is 0 Å². The molecule has 4 nitrogen and oxygen atoms in total. The molecule has 0 aliphatic carbocycles. The van der Waals surface area contributed by atoms with Crippen molar-refractivity contribution in [2.45, 2.75) is 25.6 Å². The van der Waals surface area contributed by atoms with Crippen LogP contribution in [0.15, 0.2) is 12.1 Å². The van der Waals surface area contributed by atoms with Crippen LogP contribution in [0.25, 0.3) is 0 Å². The molecule has 1 aliphatic heterocycles. The molecule has 2 rings (SSSR count). The number of nitrogens with zero attached hydrogens (tertiary/aromatic N) is 2. The van der Waals surface area contributed by atoms with E-state index >= 15 is 0 Å². The second-order valence-electron chi connectivity index (χ2n) is 3.50. The Bertz CT molecular complexity index is 299. The van der Waals surface area contributed by atoms with E-state index in [1.165, 1.54) is 0 Å². The van der Waals surface area contributed by atoms with Crippen molar-refractivity contribution in [3.63, 3.8) is 0 Å². The number of hydrogen-bond acceptors (Lipinski definition) is 4. The fourth-order valence-corrected chi connectivity index (χ4v) is 1.59. The van der Waals surface area contributed by atoms with Gasteiger partial charge in [0.25, 0.3) is 0 Å². The van der Waals surface area contributed by atoms with Gasteiger partial charge in [0.1, 0.15) is 0 Å². The standard InChI is InChI=1S/C10H13ClN2O2/c11-10-4-3-8(12-13-10)6-14-7-9-2-1-5-15-9/h3-4,9H,1-2,5-7H2. The summed E-state index contributed by atoms with van der Waals surface area (Å²) in [6.07, 6.45) is 2.48. The summed E-state index contributed by atoms with van der Waals surface area (Å²) >= 11 is 5.61. The molecule has 0 saturated carbocycles. The van der Waals surface area contributed by atoms with Gasteiger partial charge in [-0.25, -0.2) is 0 Å². The van der Waals surface area contributed by atoms with Gasteiger partial charge in [0, 0.05) is 6.61 Å². The Labute approximate surface area is 93.6 Å². The number of rotatable bonds is 4. The number of halogens is 1. The Balaban J connectivity index is 1.71. The van der Waals surface area contributed by atoms with Crippen LogP contribution in [0.5, 0.6) is 0 Å². The topological polar surface area (TPSA) is 44.2 Å². The number of hydrogen-bond donors (Lipinski definition) is 0. The van der Waals surface area contributed by atoms with Crippen LogP contribution in [-0.2, 0) is 16.1 Å². The molecule has 0 N–H and O–H groups in total. The number of aromatic nitrogens is 2. The van der Waals surface area contributed by atoms with Crippen LogP contribution in [0, 0.1) is 0 Å². The fraction of sp³-hybridized carbons (Fsp3) is 0.600. The van der Waals surface area contributed by atoms with E-state index in [1.807, 2.05) is 6.07 Å². The smallest absolute Gasteiger partial charge is 0.151 e. The van der Waals surface area contributed by atoms with Crippen LogP contribution < -0.4 is 0 Å². The third-order valence-electron chi connectivity index (χ3n) is 2.26. The van der Waals surface area contributed by atoms with Gasteiger partial charge in [0.15, 0.2) is 5.15 Å². The van der Waals surface area contributed by atoms with Gasteiger partial charge in [-0.15, -0.1) is 5.10 Å². The van der Waals surface area contributed by atoms with E-state index in [4.69, 9.17) is 21.1 Å². The second-order valence-corrected chi connectivity index (χ2v) is 3.88. The van der Waals surface area contributed by atoms with E-state index < -0.39 is 0 Å². The Kier molecular flexibility index (Phi) is 3.88. The lowest BCUT2D eigenvalue weighted by molar-refractivity contribution is 0.00946. The predicted octanol–water partition coefficient (Wildman–Crippen LogP) is 1.83. The lowest BCUT2D eigenvalue weighted by Gasteiger charge is -2.09. The summed E-state index contributed by atoms with van der Waals surface area (Å²) in [6, 6.07) is 3.52. The SMILES string of the molecule is Clc1ccc(COCC2CCCO2)nn1. The van der Waals surface area contributed by atoms with E-state index in [1.54, 1.807) is 6.07 Å². The molecule has 1 fully saturated rings. The van der Waals surface area contributed by atoms with Crippen molar-refractivity contribution in [1.82, 2.24) is 10.2 Å². The summed E-state index contributed by atoms with van der Waals surface area (Å²) in [5.74, 6) is 0. The van der Waals surface area contributed by atoms with Crippen LogP contribution in [0.2, 0.25) is 5.15 Å². The van der Waals surface area contributed by atoms with Crippen molar-refractivity contribution in [1.29, 1.82) is 0 Å². The highest BCUT2D eigenvalue weighted by Crippen LogP contribution is 2.12. The van der Waals surface area contributed by atoms with Gasteiger partial charge in [-0.05, 0) is 25.0 Å². The lowest BCUT2D eigenvalue weighted by Crippen LogP contribution is -2.14. The summed E-state index contributed by atoms with van der Waals surface area (Å²) in [4.78, 5) is 0. The quantitative estimate of drug-likeness (QED) is 0.789. The molecule has 1 aromatic rings. The molecule has 82 valence electrons. The molecule has 1 atom stereocenters. The minimum absolute atomic E-state index is 0.255. The summed E-state index contributed by atoms with van der Waals surface area (Å²) < 4.78 is 10.9. The highest BCUT2D eigenvalue weighted by Gasteiger charge is 2.15. The Morgan fingerprint density at radius 3 is 3.07 bits per heavy atom. The van der Waals surface area contributed by atoms with Gasteiger partial charge < -0.3 is 9.47 Å². The molecule has 0 radical (unpaired) electrons. The van der Waals surface area contributed by atoms with Gasteiger partial charge in [0.05, 0.1) is 25.0 Å². The average Bonchev–Trinajstić information content (AvgIpc) is 2.74. The number of ether oxygens (including phenoxy) is 2. The van der Waals surface area contributed by atoms with Gasteiger partial charge in [-0.1, -0.05) is 11.6 Å². The van der Waals surface area contributed by atoms with Crippen LogP contribution in [0.1, 0.15) is 18.5 Å². The fourth-order valence-electron chi connectivity index (χ4n) is 1.49. The normalized spacial score (nSPS) is 20.7.